The summed E-state index contributed by atoms with van der Waals surface area (Å²) in [6, 6.07) is 12.9. The number of hydrogen-bond donors (Lipinski definition) is 0. The quantitative estimate of drug-likeness (QED) is 0.193. The maximum Gasteiger partial charge on any atom is 0.201 e. The Kier molecular flexibility index (Phi) is 6.65. The molecule has 0 N–H and O–H groups in total. The van der Waals surface area contributed by atoms with Crippen LogP contribution in [0.25, 0.3) is 11.1 Å². The highest BCUT2D eigenvalue weighted by Crippen LogP contribution is 2.39. The second kappa shape index (κ2) is 9.86. The van der Waals surface area contributed by atoms with Gasteiger partial charge in [-0.05, 0) is 66.3 Å². The van der Waals surface area contributed by atoms with Crippen LogP contribution in [0.4, 0.5) is 17.6 Å². The van der Waals surface area contributed by atoms with Crippen molar-refractivity contribution in [3.05, 3.63) is 101 Å². The van der Waals surface area contributed by atoms with Crippen LogP contribution < -0.4 is 4.74 Å². The predicted molar refractivity (Wildman–Crippen MR) is 126 cm³/mol. The van der Waals surface area contributed by atoms with Crippen LogP contribution in [0.3, 0.4) is 0 Å². The number of hydrogen-bond acceptors (Lipinski definition) is 2. The van der Waals surface area contributed by atoms with Crippen molar-refractivity contribution in [3.63, 3.8) is 0 Å². The Morgan fingerprint density at radius 3 is 2.11 bits per heavy atom. The van der Waals surface area contributed by atoms with Crippen LogP contribution in [-0.4, -0.2) is 6.61 Å². The molecule has 6 heteroatoms. The zero-order valence-electron chi connectivity index (χ0n) is 19.2. The maximum absolute atomic E-state index is 15.0. The Morgan fingerprint density at radius 2 is 1.46 bits per heavy atom. The highest BCUT2D eigenvalue weighted by molar-refractivity contribution is 5.65. The first kappa shape index (κ1) is 23.6. The summed E-state index contributed by atoms with van der Waals surface area (Å²) in [5.41, 5.74) is 2.01. The molecule has 1 unspecified atom stereocenters. The summed E-state index contributed by atoms with van der Waals surface area (Å²) >= 11 is 0. The van der Waals surface area contributed by atoms with Gasteiger partial charge in [0.25, 0.3) is 0 Å². The van der Waals surface area contributed by atoms with Crippen LogP contribution in [0.2, 0.25) is 0 Å². The highest BCUT2D eigenvalue weighted by atomic mass is 19.2. The average Bonchev–Trinajstić information content (AvgIpc) is 3.72. The van der Waals surface area contributed by atoms with Gasteiger partial charge >= 0.3 is 0 Å². The summed E-state index contributed by atoms with van der Waals surface area (Å²) in [5.74, 6) is -3.37. The van der Waals surface area contributed by atoms with Crippen molar-refractivity contribution >= 4 is 0 Å². The molecule has 182 valence electrons. The molecule has 0 aromatic heterocycles. The maximum atomic E-state index is 15.0. The fraction of sp³-hybridized carbons (Fsp3) is 0.310. The topological polar surface area (TPSA) is 21.8 Å². The van der Waals surface area contributed by atoms with Crippen LogP contribution >= 0.6 is 0 Å². The zero-order chi connectivity index (χ0) is 24.5. The van der Waals surface area contributed by atoms with Gasteiger partial charge in [0.2, 0.25) is 5.82 Å². The number of ether oxygens (including phenoxy) is 2. The van der Waals surface area contributed by atoms with E-state index in [1.165, 1.54) is 12.1 Å². The Hall–Kier alpha value is -3.12. The number of halogens is 4. The van der Waals surface area contributed by atoms with E-state index in [4.69, 9.17) is 9.47 Å². The van der Waals surface area contributed by atoms with Crippen LogP contribution in [-0.2, 0) is 11.3 Å². The van der Waals surface area contributed by atoms with E-state index in [-0.39, 0.29) is 29.4 Å². The van der Waals surface area contributed by atoms with Gasteiger partial charge in [0.15, 0.2) is 23.2 Å². The second-order valence-corrected chi connectivity index (χ2v) is 9.27. The lowest BCUT2D eigenvalue weighted by molar-refractivity contribution is 0.283. The minimum absolute atomic E-state index is 0.000914. The van der Waals surface area contributed by atoms with Gasteiger partial charge in [0, 0.05) is 11.1 Å². The summed E-state index contributed by atoms with van der Waals surface area (Å²) in [4.78, 5) is 0. The van der Waals surface area contributed by atoms with Crippen LogP contribution in [0.15, 0.2) is 61.2 Å². The van der Waals surface area contributed by atoms with E-state index in [2.05, 4.69) is 6.58 Å². The van der Waals surface area contributed by atoms with Gasteiger partial charge in [-0.2, -0.15) is 4.39 Å². The molecule has 0 spiro atoms. The minimum Gasteiger partial charge on any atom is -0.486 e. The lowest BCUT2D eigenvalue weighted by Crippen LogP contribution is -2.13. The van der Waals surface area contributed by atoms with Gasteiger partial charge in [-0.25, -0.2) is 13.2 Å². The fourth-order valence-corrected chi connectivity index (χ4v) is 4.84. The van der Waals surface area contributed by atoms with E-state index in [0.29, 0.717) is 29.2 Å². The van der Waals surface area contributed by atoms with E-state index < -0.39 is 29.4 Å². The zero-order valence-corrected chi connectivity index (χ0v) is 19.2. The van der Waals surface area contributed by atoms with Gasteiger partial charge in [-0.1, -0.05) is 42.5 Å². The first-order valence-corrected chi connectivity index (χ1v) is 11.9. The molecule has 35 heavy (non-hydrogen) atoms. The smallest absolute Gasteiger partial charge is 0.201 e. The third kappa shape index (κ3) is 4.85. The van der Waals surface area contributed by atoms with E-state index in [1.807, 2.05) is 6.08 Å². The predicted octanol–water partition coefficient (Wildman–Crippen LogP) is 8.02. The fourth-order valence-electron chi connectivity index (χ4n) is 4.84. The van der Waals surface area contributed by atoms with Gasteiger partial charge in [0.05, 0.1) is 6.61 Å². The molecule has 1 atom stereocenters. The molecular weight excluding hydrogens is 456 g/mol. The third-order valence-corrected chi connectivity index (χ3v) is 7.07. The van der Waals surface area contributed by atoms with Crippen molar-refractivity contribution in [2.45, 2.75) is 44.3 Å². The first-order valence-electron chi connectivity index (χ1n) is 11.9. The molecule has 0 amide bonds. The highest BCUT2D eigenvalue weighted by Gasteiger charge is 2.30. The average molecular weight is 483 g/mol. The molecule has 1 heterocycles. The van der Waals surface area contributed by atoms with E-state index in [0.717, 1.165) is 25.7 Å². The van der Waals surface area contributed by atoms with Gasteiger partial charge < -0.3 is 9.47 Å². The van der Waals surface area contributed by atoms with E-state index in [1.54, 1.807) is 36.4 Å². The van der Waals surface area contributed by atoms with Crippen LogP contribution in [0.5, 0.6) is 5.75 Å². The monoisotopic (exact) mass is 482 g/mol. The molecule has 1 aliphatic heterocycles. The molecule has 1 saturated carbocycles. The van der Waals surface area contributed by atoms with Crippen molar-refractivity contribution in [1.29, 1.82) is 0 Å². The van der Waals surface area contributed by atoms with Crippen molar-refractivity contribution in [2.24, 2.45) is 5.92 Å². The van der Waals surface area contributed by atoms with Gasteiger partial charge in [0.1, 0.15) is 12.7 Å². The molecule has 1 saturated heterocycles. The Labute approximate surface area is 202 Å². The van der Waals surface area contributed by atoms with Crippen molar-refractivity contribution < 1.29 is 27.0 Å². The molecular formula is C29H26F4O2. The molecule has 0 bridgehead atoms. The van der Waals surface area contributed by atoms with Crippen molar-refractivity contribution in [1.82, 2.24) is 0 Å². The van der Waals surface area contributed by atoms with Gasteiger partial charge in [-0.15, -0.1) is 6.58 Å². The molecule has 3 aromatic carbocycles. The molecule has 2 nitrogen and oxygen atoms in total. The summed E-state index contributed by atoms with van der Waals surface area (Å²) < 4.78 is 68.9. The Bertz CT molecular complexity index is 1230. The SMILES string of the molecule is C=CC1CCC(c2ccc(-c3ccc(COc4ccc(C5CO5)c(F)c4F)cc3)c(F)c2F)CC1. The number of epoxide rings is 1. The number of allylic oxidation sites excluding steroid dienone is 1. The molecule has 3 aromatic rings. The number of benzene rings is 3. The standard InChI is InChI=1S/C29H26F4O2/c1-2-17-3-7-19(8-4-17)21-11-12-22(27(31)26(21)30)20-9-5-18(6-10-20)15-34-24-14-13-23(25-16-35-25)28(32)29(24)33/h2,5-6,9-14,17,19,25H,1,3-4,7-8,15-16H2. The van der Waals surface area contributed by atoms with Crippen LogP contribution in [0.1, 0.15) is 54.4 Å². The van der Waals surface area contributed by atoms with E-state index in [9.17, 15) is 17.6 Å². The molecule has 5 rings (SSSR count). The summed E-state index contributed by atoms with van der Waals surface area (Å²) in [5, 5.41) is 0. The van der Waals surface area contributed by atoms with Crippen molar-refractivity contribution in [3.8, 4) is 16.9 Å². The number of rotatable bonds is 7. The first-order chi connectivity index (χ1) is 17.0. The Morgan fingerprint density at radius 1 is 0.800 bits per heavy atom. The third-order valence-electron chi connectivity index (χ3n) is 7.07. The Balaban J connectivity index is 1.27. The lowest BCUT2D eigenvalue weighted by Gasteiger charge is -2.27. The minimum atomic E-state index is -1.05. The molecule has 0 radical (unpaired) electrons. The molecule has 2 fully saturated rings. The van der Waals surface area contributed by atoms with Gasteiger partial charge in [-0.3, -0.25) is 0 Å². The summed E-state index contributed by atoms with van der Waals surface area (Å²) in [6.07, 6.45) is 5.08. The summed E-state index contributed by atoms with van der Waals surface area (Å²) in [6.45, 7) is 4.21. The summed E-state index contributed by atoms with van der Waals surface area (Å²) in [7, 11) is 0. The van der Waals surface area contributed by atoms with Crippen molar-refractivity contribution in [2.75, 3.05) is 6.61 Å². The molecule has 1 aliphatic carbocycles. The second-order valence-electron chi connectivity index (χ2n) is 9.27. The normalized spacial score (nSPS) is 21.5. The van der Waals surface area contributed by atoms with E-state index >= 15 is 0 Å². The largest absolute Gasteiger partial charge is 0.486 e. The lowest BCUT2D eigenvalue weighted by atomic mass is 9.78. The molecule has 2 aliphatic rings. The van der Waals surface area contributed by atoms with Crippen LogP contribution in [0, 0.1) is 29.2 Å².